The first-order valence-electron chi connectivity index (χ1n) is 4.46. The van der Waals surface area contributed by atoms with Crippen molar-refractivity contribution in [3.05, 3.63) is 35.4 Å². The van der Waals surface area contributed by atoms with E-state index in [0.717, 1.165) is 12.1 Å². The molecule has 0 saturated heterocycles. The van der Waals surface area contributed by atoms with Gasteiger partial charge in [-0.05, 0) is 19.7 Å². The van der Waals surface area contributed by atoms with Crippen LogP contribution in [0.25, 0.3) is 0 Å². The lowest BCUT2D eigenvalue weighted by Gasteiger charge is -2.09. The number of benzene rings is 1. The summed E-state index contributed by atoms with van der Waals surface area (Å²) in [6, 6.07) is 7.75. The number of rotatable bonds is 4. The molecule has 0 aliphatic heterocycles. The van der Waals surface area contributed by atoms with Crippen LogP contribution >= 0.6 is 15.9 Å². The quantitative estimate of drug-likeness (QED) is 0.608. The number of hydrogen-bond acceptors (Lipinski definition) is 2. The van der Waals surface area contributed by atoms with Crippen molar-refractivity contribution >= 4 is 21.7 Å². The Labute approximate surface area is 93.0 Å². The Morgan fingerprint density at radius 3 is 2.29 bits per heavy atom. The molecule has 0 aliphatic carbocycles. The SMILES string of the molecule is CN(C)Cc1ccc(C(=O)CBr)cc1. The van der Waals surface area contributed by atoms with Gasteiger partial charge in [-0.15, -0.1) is 0 Å². The van der Waals surface area contributed by atoms with Crippen molar-refractivity contribution in [3.63, 3.8) is 0 Å². The summed E-state index contributed by atoms with van der Waals surface area (Å²) in [5, 5.41) is 0.389. The van der Waals surface area contributed by atoms with Crippen LogP contribution in [0.15, 0.2) is 24.3 Å². The minimum atomic E-state index is 0.126. The molecule has 0 N–H and O–H groups in total. The highest BCUT2D eigenvalue weighted by atomic mass is 79.9. The van der Waals surface area contributed by atoms with Crippen LogP contribution in [0.1, 0.15) is 15.9 Å². The second-order valence-corrected chi connectivity index (χ2v) is 4.05. The minimum absolute atomic E-state index is 0.126. The highest BCUT2D eigenvalue weighted by Gasteiger charge is 2.03. The normalized spacial score (nSPS) is 10.6. The van der Waals surface area contributed by atoms with E-state index in [-0.39, 0.29) is 5.78 Å². The molecule has 0 atom stereocenters. The summed E-state index contributed by atoms with van der Waals surface area (Å²) in [5.74, 6) is 0.126. The summed E-state index contributed by atoms with van der Waals surface area (Å²) in [7, 11) is 4.05. The third-order valence-corrected chi connectivity index (χ3v) is 2.41. The van der Waals surface area contributed by atoms with Gasteiger partial charge in [-0.2, -0.15) is 0 Å². The molecule has 0 saturated carbocycles. The summed E-state index contributed by atoms with van der Waals surface area (Å²) in [6.45, 7) is 0.906. The van der Waals surface area contributed by atoms with E-state index in [1.807, 2.05) is 38.4 Å². The van der Waals surface area contributed by atoms with Crippen LogP contribution in [0.2, 0.25) is 0 Å². The molecule has 0 heterocycles. The topological polar surface area (TPSA) is 20.3 Å². The summed E-state index contributed by atoms with van der Waals surface area (Å²) >= 11 is 3.15. The molecule has 0 unspecified atom stereocenters. The molecule has 1 aromatic carbocycles. The van der Waals surface area contributed by atoms with Gasteiger partial charge in [0, 0.05) is 12.1 Å². The number of halogens is 1. The van der Waals surface area contributed by atoms with Gasteiger partial charge in [-0.1, -0.05) is 40.2 Å². The lowest BCUT2D eigenvalue weighted by atomic mass is 10.1. The van der Waals surface area contributed by atoms with Crippen molar-refractivity contribution in [3.8, 4) is 0 Å². The molecule has 14 heavy (non-hydrogen) atoms. The van der Waals surface area contributed by atoms with Crippen molar-refractivity contribution in [2.24, 2.45) is 0 Å². The maximum Gasteiger partial charge on any atom is 0.173 e. The summed E-state index contributed by atoms with van der Waals surface area (Å²) in [4.78, 5) is 13.4. The molecule has 0 bridgehead atoms. The number of ketones is 1. The van der Waals surface area contributed by atoms with Crippen LogP contribution < -0.4 is 0 Å². The Balaban J connectivity index is 2.73. The second-order valence-electron chi connectivity index (χ2n) is 3.49. The Morgan fingerprint density at radius 1 is 1.29 bits per heavy atom. The number of carbonyl (C=O) groups excluding carboxylic acids is 1. The highest BCUT2D eigenvalue weighted by Crippen LogP contribution is 2.07. The van der Waals surface area contributed by atoms with Crippen LogP contribution in [0.3, 0.4) is 0 Å². The zero-order valence-electron chi connectivity index (χ0n) is 8.46. The molecule has 2 nitrogen and oxygen atoms in total. The second kappa shape index (κ2) is 5.27. The molecular formula is C11H14BrNO. The fraction of sp³-hybridized carbons (Fsp3) is 0.364. The zero-order valence-corrected chi connectivity index (χ0v) is 10.0. The van der Waals surface area contributed by atoms with E-state index in [4.69, 9.17) is 0 Å². The lowest BCUT2D eigenvalue weighted by Crippen LogP contribution is -2.10. The molecule has 76 valence electrons. The molecule has 1 rings (SSSR count). The molecule has 0 radical (unpaired) electrons. The lowest BCUT2D eigenvalue weighted by molar-refractivity contribution is 0.102. The molecule has 1 aromatic rings. The van der Waals surface area contributed by atoms with Crippen LogP contribution in [0.5, 0.6) is 0 Å². The van der Waals surface area contributed by atoms with E-state index in [1.165, 1.54) is 5.56 Å². The first kappa shape index (κ1) is 11.4. The average molecular weight is 256 g/mol. The largest absolute Gasteiger partial charge is 0.305 e. The monoisotopic (exact) mass is 255 g/mol. The Kier molecular flexibility index (Phi) is 4.29. The van der Waals surface area contributed by atoms with Gasteiger partial charge in [0.1, 0.15) is 0 Å². The van der Waals surface area contributed by atoms with Crippen molar-refractivity contribution in [2.75, 3.05) is 19.4 Å². The number of nitrogens with zero attached hydrogens (tertiary/aromatic N) is 1. The fourth-order valence-electron chi connectivity index (χ4n) is 1.24. The van der Waals surface area contributed by atoms with Crippen molar-refractivity contribution in [1.82, 2.24) is 4.90 Å². The molecule has 0 amide bonds. The van der Waals surface area contributed by atoms with Crippen molar-refractivity contribution < 1.29 is 4.79 Å². The summed E-state index contributed by atoms with van der Waals surface area (Å²) < 4.78 is 0. The first-order valence-corrected chi connectivity index (χ1v) is 5.58. The predicted octanol–water partition coefficient (Wildman–Crippen LogP) is 2.33. The predicted molar refractivity (Wildman–Crippen MR) is 62.0 cm³/mol. The Hall–Kier alpha value is -0.670. The van der Waals surface area contributed by atoms with Gasteiger partial charge >= 0.3 is 0 Å². The maximum absolute atomic E-state index is 11.3. The standard InChI is InChI=1S/C11H14BrNO/c1-13(2)8-9-3-5-10(6-4-9)11(14)7-12/h3-6H,7-8H2,1-2H3. The highest BCUT2D eigenvalue weighted by molar-refractivity contribution is 9.09. The van der Waals surface area contributed by atoms with Gasteiger partial charge in [-0.25, -0.2) is 0 Å². The van der Waals surface area contributed by atoms with Gasteiger partial charge in [0.25, 0.3) is 0 Å². The van der Waals surface area contributed by atoms with E-state index in [2.05, 4.69) is 20.8 Å². The number of carbonyl (C=O) groups is 1. The van der Waals surface area contributed by atoms with E-state index in [9.17, 15) is 4.79 Å². The van der Waals surface area contributed by atoms with E-state index < -0.39 is 0 Å². The van der Waals surface area contributed by atoms with Gasteiger partial charge in [-0.3, -0.25) is 4.79 Å². The van der Waals surface area contributed by atoms with E-state index in [0.29, 0.717) is 5.33 Å². The van der Waals surface area contributed by atoms with E-state index >= 15 is 0 Å². The van der Waals surface area contributed by atoms with Crippen LogP contribution in [-0.2, 0) is 6.54 Å². The van der Waals surface area contributed by atoms with Crippen LogP contribution in [0, 0.1) is 0 Å². The van der Waals surface area contributed by atoms with Gasteiger partial charge in [0.15, 0.2) is 5.78 Å². The molecule has 0 spiro atoms. The van der Waals surface area contributed by atoms with Gasteiger partial charge < -0.3 is 4.90 Å². The maximum atomic E-state index is 11.3. The third-order valence-electron chi connectivity index (χ3n) is 1.90. The molecular weight excluding hydrogens is 242 g/mol. The molecule has 0 aliphatic rings. The summed E-state index contributed by atoms with van der Waals surface area (Å²) in [5.41, 5.74) is 1.99. The number of Topliss-reactive ketones (excluding diaryl/α,β-unsaturated/α-hetero) is 1. The third kappa shape index (κ3) is 3.24. The Morgan fingerprint density at radius 2 is 1.86 bits per heavy atom. The zero-order chi connectivity index (χ0) is 10.6. The van der Waals surface area contributed by atoms with Crippen molar-refractivity contribution in [1.29, 1.82) is 0 Å². The number of hydrogen-bond donors (Lipinski definition) is 0. The van der Waals surface area contributed by atoms with Crippen LogP contribution in [0.4, 0.5) is 0 Å². The smallest absolute Gasteiger partial charge is 0.173 e. The van der Waals surface area contributed by atoms with Gasteiger partial charge in [0.2, 0.25) is 0 Å². The first-order chi connectivity index (χ1) is 6.63. The summed E-state index contributed by atoms with van der Waals surface area (Å²) in [6.07, 6.45) is 0. The number of alkyl halides is 1. The Bertz CT molecular complexity index is 306. The average Bonchev–Trinajstić information content (AvgIpc) is 2.17. The molecule has 0 fully saturated rings. The van der Waals surface area contributed by atoms with Crippen LogP contribution in [-0.4, -0.2) is 30.1 Å². The fourth-order valence-corrected chi connectivity index (χ4v) is 1.56. The molecule has 3 heteroatoms. The molecule has 0 aromatic heterocycles. The van der Waals surface area contributed by atoms with Crippen molar-refractivity contribution in [2.45, 2.75) is 6.54 Å². The van der Waals surface area contributed by atoms with Gasteiger partial charge in [0.05, 0.1) is 5.33 Å². The van der Waals surface area contributed by atoms with E-state index in [1.54, 1.807) is 0 Å². The minimum Gasteiger partial charge on any atom is -0.305 e.